The van der Waals surface area contributed by atoms with Crippen LogP contribution in [0.15, 0.2) is 0 Å². The molecule has 0 fully saturated rings. The van der Waals surface area contributed by atoms with E-state index in [0.717, 1.165) is 0 Å². The van der Waals surface area contributed by atoms with Gasteiger partial charge in [-0.05, 0) is 0 Å². The normalized spacial score (nSPS) is 7.89. The van der Waals surface area contributed by atoms with Crippen molar-refractivity contribution < 1.29 is 19.4 Å². The molecule has 0 amide bonds. The molecule has 0 rings (SSSR count). The predicted octanol–water partition coefficient (Wildman–Crippen LogP) is 0.179. The van der Waals surface area contributed by atoms with Crippen molar-refractivity contribution in [3.63, 3.8) is 0 Å². The summed E-state index contributed by atoms with van der Waals surface area (Å²) in [6.45, 7) is -0.545. The average molecular weight is 131 g/mol. The third-order valence-corrected chi connectivity index (χ3v) is 0.432. The summed E-state index contributed by atoms with van der Waals surface area (Å²) in [5, 5.41) is 15.7. The molecule has 0 heterocycles. The van der Waals surface area contributed by atoms with E-state index in [1.807, 2.05) is 0 Å². The zero-order valence-electron chi connectivity index (χ0n) is 4.53. The molecular weight excluding hydrogens is 126 g/mol. The number of rotatable bonds is 3. The minimum absolute atomic E-state index is 0.159. The highest BCUT2D eigenvalue weighted by Gasteiger charge is 1.92. The van der Waals surface area contributed by atoms with Crippen LogP contribution in [-0.4, -0.2) is 24.7 Å². The first-order valence-electron chi connectivity index (χ1n) is 2.08. The Labute approximate surface area is 51.4 Å². The fourth-order valence-corrected chi connectivity index (χ4v) is 0.179. The van der Waals surface area contributed by atoms with Gasteiger partial charge in [-0.15, -0.1) is 0 Å². The highest BCUT2D eigenvalue weighted by Crippen LogP contribution is 1.77. The fourth-order valence-electron chi connectivity index (χ4n) is 0.179. The lowest BCUT2D eigenvalue weighted by atomic mass is 10.8. The molecule has 50 valence electrons. The van der Waals surface area contributed by atoms with Crippen LogP contribution in [0.2, 0.25) is 0 Å². The summed E-state index contributed by atoms with van der Waals surface area (Å²) in [7, 11) is 0. The van der Waals surface area contributed by atoms with E-state index < -0.39 is 6.16 Å². The summed E-state index contributed by atoms with van der Waals surface area (Å²) in [5.41, 5.74) is 0. The van der Waals surface area contributed by atoms with Gasteiger partial charge in [0, 0.05) is 0 Å². The zero-order valence-corrected chi connectivity index (χ0v) is 4.53. The first-order chi connectivity index (χ1) is 4.27. The molecule has 0 saturated carbocycles. The molecule has 1 N–H and O–H groups in total. The van der Waals surface area contributed by atoms with Crippen molar-refractivity contribution in [2.45, 2.75) is 0 Å². The van der Waals surface area contributed by atoms with Crippen molar-refractivity contribution in [1.82, 2.24) is 0 Å². The standard InChI is InChI=1S/C4H5NO4/c5-1-2-8-3-9-4(6)7/h2-3H2,(H,6,7). The van der Waals surface area contributed by atoms with E-state index in [-0.39, 0.29) is 13.4 Å². The molecule has 0 aromatic heterocycles. The van der Waals surface area contributed by atoms with E-state index in [9.17, 15) is 4.79 Å². The molecule has 0 radical (unpaired) electrons. The van der Waals surface area contributed by atoms with Gasteiger partial charge in [0.25, 0.3) is 0 Å². The molecule has 0 atom stereocenters. The SMILES string of the molecule is N#CCOCOC(=O)O. The van der Waals surface area contributed by atoms with E-state index in [2.05, 4.69) is 9.47 Å². The monoisotopic (exact) mass is 131 g/mol. The first-order valence-corrected chi connectivity index (χ1v) is 2.08. The van der Waals surface area contributed by atoms with Crippen LogP contribution in [0, 0.1) is 11.3 Å². The molecule has 9 heavy (non-hydrogen) atoms. The van der Waals surface area contributed by atoms with Crippen LogP contribution in [-0.2, 0) is 9.47 Å². The number of ether oxygens (including phenoxy) is 2. The summed E-state index contributed by atoms with van der Waals surface area (Å²) in [6, 6.07) is 1.65. The first kappa shape index (κ1) is 7.72. The highest BCUT2D eigenvalue weighted by molar-refractivity contribution is 5.56. The van der Waals surface area contributed by atoms with Crippen LogP contribution >= 0.6 is 0 Å². The molecule has 0 spiro atoms. The molecule has 0 aliphatic heterocycles. The summed E-state index contributed by atoms with van der Waals surface area (Å²) >= 11 is 0. The van der Waals surface area contributed by atoms with Crippen molar-refractivity contribution in [2.75, 3.05) is 13.4 Å². The number of carbonyl (C=O) groups is 1. The molecule has 0 saturated heterocycles. The maximum Gasteiger partial charge on any atom is 0.507 e. The number of carboxylic acid groups (broad SMARTS) is 1. The molecule has 5 heteroatoms. The minimum Gasteiger partial charge on any atom is -0.450 e. The number of hydrogen-bond acceptors (Lipinski definition) is 4. The zero-order chi connectivity index (χ0) is 7.11. The fraction of sp³-hybridized carbons (Fsp3) is 0.500. The molecule has 0 unspecified atom stereocenters. The van der Waals surface area contributed by atoms with Crippen molar-refractivity contribution >= 4 is 6.16 Å². The summed E-state index contributed by atoms with van der Waals surface area (Å²) in [4.78, 5) is 9.58. The van der Waals surface area contributed by atoms with Gasteiger partial charge in [0.05, 0.1) is 6.07 Å². The van der Waals surface area contributed by atoms with Crippen LogP contribution in [0.1, 0.15) is 0 Å². The maximum absolute atomic E-state index is 9.58. The average Bonchev–Trinajstić information content (AvgIpc) is 1.80. The van der Waals surface area contributed by atoms with Crippen molar-refractivity contribution in [1.29, 1.82) is 5.26 Å². The lowest BCUT2D eigenvalue weighted by molar-refractivity contribution is -0.0227. The quantitative estimate of drug-likeness (QED) is 0.335. The lowest BCUT2D eigenvalue weighted by Crippen LogP contribution is -2.05. The highest BCUT2D eigenvalue weighted by atomic mass is 16.7. The number of nitrogens with zero attached hydrogens (tertiary/aromatic N) is 1. The number of nitriles is 1. The van der Waals surface area contributed by atoms with Crippen LogP contribution < -0.4 is 0 Å². The van der Waals surface area contributed by atoms with Crippen LogP contribution in [0.3, 0.4) is 0 Å². The van der Waals surface area contributed by atoms with E-state index in [1.54, 1.807) is 6.07 Å². The van der Waals surface area contributed by atoms with Gasteiger partial charge in [0.1, 0.15) is 6.61 Å². The van der Waals surface area contributed by atoms with Gasteiger partial charge in [-0.3, -0.25) is 0 Å². The molecular formula is C4H5NO4. The van der Waals surface area contributed by atoms with Gasteiger partial charge in [0.2, 0.25) is 0 Å². The maximum atomic E-state index is 9.58. The Morgan fingerprint density at radius 1 is 1.78 bits per heavy atom. The lowest BCUT2D eigenvalue weighted by Gasteiger charge is -1.95. The Morgan fingerprint density at radius 3 is 2.89 bits per heavy atom. The summed E-state index contributed by atoms with van der Waals surface area (Å²) in [5.74, 6) is 0. The molecule has 0 bridgehead atoms. The summed E-state index contributed by atoms with van der Waals surface area (Å²) < 4.78 is 8.22. The van der Waals surface area contributed by atoms with Gasteiger partial charge < -0.3 is 14.6 Å². The number of hydrogen-bond donors (Lipinski definition) is 1. The molecule has 0 aromatic carbocycles. The molecule has 5 nitrogen and oxygen atoms in total. The van der Waals surface area contributed by atoms with Crippen LogP contribution in [0.25, 0.3) is 0 Å². The Hall–Kier alpha value is -1.28. The third kappa shape index (κ3) is 6.72. The van der Waals surface area contributed by atoms with E-state index >= 15 is 0 Å². The summed E-state index contributed by atoms with van der Waals surface area (Å²) in [6.07, 6.45) is -1.41. The van der Waals surface area contributed by atoms with Gasteiger partial charge in [-0.25, -0.2) is 4.79 Å². The van der Waals surface area contributed by atoms with Gasteiger partial charge in [-0.2, -0.15) is 5.26 Å². The van der Waals surface area contributed by atoms with Gasteiger partial charge in [-0.1, -0.05) is 0 Å². The second kappa shape index (κ2) is 4.87. The topological polar surface area (TPSA) is 79.5 Å². The predicted molar refractivity (Wildman–Crippen MR) is 25.5 cm³/mol. The van der Waals surface area contributed by atoms with Gasteiger partial charge in [0.15, 0.2) is 6.79 Å². The molecule has 0 aliphatic carbocycles. The Kier molecular flexibility index (Phi) is 4.18. The Morgan fingerprint density at radius 2 is 2.44 bits per heavy atom. The second-order valence-electron chi connectivity index (χ2n) is 1.03. The van der Waals surface area contributed by atoms with Crippen LogP contribution in [0.5, 0.6) is 0 Å². The van der Waals surface area contributed by atoms with Gasteiger partial charge >= 0.3 is 6.16 Å². The van der Waals surface area contributed by atoms with E-state index in [1.165, 1.54) is 0 Å². The van der Waals surface area contributed by atoms with Crippen LogP contribution in [0.4, 0.5) is 4.79 Å². The van der Waals surface area contributed by atoms with E-state index in [0.29, 0.717) is 0 Å². The third-order valence-electron chi connectivity index (χ3n) is 0.432. The largest absolute Gasteiger partial charge is 0.507 e. The Bertz CT molecular complexity index is 127. The van der Waals surface area contributed by atoms with Crippen molar-refractivity contribution in [3.05, 3.63) is 0 Å². The van der Waals surface area contributed by atoms with Crippen molar-refractivity contribution in [2.24, 2.45) is 0 Å². The second-order valence-corrected chi connectivity index (χ2v) is 1.03. The van der Waals surface area contributed by atoms with Crippen molar-refractivity contribution in [3.8, 4) is 6.07 Å². The molecule has 0 aromatic rings. The van der Waals surface area contributed by atoms with E-state index in [4.69, 9.17) is 10.4 Å². The smallest absolute Gasteiger partial charge is 0.450 e. The minimum atomic E-state index is -1.41. The Balaban J connectivity index is 2.94. The molecule has 0 aliphatic rings.